The van der Waals surface area contributed by atoms with Crippen molar-refractivity contribution in [3.05, 3.63) is 23.5 Å². The molecule has 0 aliphatic carbocycles. The summed E-state index contributed by atoms with van der Waals surface area (Å²) in [6, 6.07) is 2.81. The molecule has 0 saturated heterocycles. The maximum atomic E-state index is 11.9. The number of rotatable bonds is 8. The number of methoxy groups -OCH3 is 1. The molecular formula is C11H16ClN3O4S. The molecule has 1 aromatic heterocycles. The number of nitrogens with zero attached hydrogens (tertiary/aromatic N) is 1. The van der Waals surface area contributed by atoms with Gasteiger partial charge in [-0.15, -0.1) is 0 Å². The lowest BCUT2D eigenvalue weighted by Gasteiger charge is -2.08. The molecule has 0 aliphatic heterocycles. The van der Waals surface area contributed by atoms with Crippen molar-refractivity contribution in [2.24, 2.45) is 0 Å². The van der Waals surface area contributed by atoms with E-state index in [0.29, 0.717) is 13.2 Å². The Labute approximate surface area is 122 Å². The zero-order valence-corrected chi connectivity index (χ0v) is 12.5. The normalized spacial score (nSPS) is 11.3. The minimum atomic E-state index is -3.76. The third kappa shape index (κ3) is 5.41. The summed E-state index contributed by atoms with van der Waals surface area (Å²) in [6.45, 7) is 0.769. The van der Waals surface area contributed by atoms with Crippen molar-refractivity contribution in [3.63, 3.8) is 0 Å². The monoisotopic (exact) mass is 321 g/mol. The molecule has 0 bridgehead atoms. The van der Waals surface area contributed by atoms with E-state index in [2.05, 4.69) is 15.0 Å². The van der Waals surface area contributed by atoms with E-state index >= 15 is 0 Å². The molecule has 1 rings (SSSR count). The average molecular weight is 322 g/mol. The third-order valence-corrected chi connectivity index (χ3v) is 4.19. The van der Waals surface area contributed by atoms with Crippen LogP contribution in [0.1, 0.15) is 6.42 Å². The minimum absolute atomic E-state index is 0.0215. The molecular weight excluding hydrogens is 306 g/mol. The summed E-state index contributed by atoms with van der Waals surface area (Å²) >= 11 is 5.71. The SMILES string of the molecule is COCCNC(=O)CCNS(=O)(=O)c1cccnc1Cl. The second-order valence-corrected chi connectivity index (χ2v) is 5.88. The van der Waals surface area contributed by atoms with Gasteiger partial charge in [0.25, 0.3) is 0 Å². The lowest BCUT2D eigenvalue weighted by Crippen LogP contribution is -2.32. The smallest absolute Gasteiger partial charge is 0.243 e. The quantitative estimate of drug-likeness (QED) is 0.525. The summed E-state index contributed by atoms with van der Waals surface area (Å²) in [4.78, 5) is 14.9. The molecule has 0 radical (unpaired) electrons. The number of ether oxygens (including phenoxy) is 1. The first-order valence-electron chi connectivity index (χ1n) is 5.83. The molecule has 0 saturated carbocycles. The maximum Gasteiger partial charge on any atom is 0.243 e. The van der Waals surface area contributed by atoms with E-state index < -0.39 is 10.0 Å². The molecule has 0 atom stereocenters. The van der Waals surface area contributed by atoms with Crippen LogP contribution in [-0.4, -0.2) is 46.1 Å². The van der Waals surface area contributed by atoms with Crippen LogP contribution in [0.5, 0.6) is 0 Å². The van der Waals surface area contributed by atoms with Gasteiger partial charge in [-0.2, -0.15) is 0 Å². The first kappa shape index (κ1) is 16.8. The van der Waals surface area contributed by atoms with Crippen LogP contribution in [0.4, 0.5) is 0 Å². The predicted octanol–water partition coefficient (Wildman–Crippen LogP) is 0.166. The van der Waals surface area contributed by atoms with Gasteiger partial charge in [-0.1, -0.05) is 11.6 Å². The number of halogens is 1. The topological polar surface area (TPSA) is 97.4 Å². The second-order valence-electron chi connectivity index (χ2n) is 3.78. The molecule has 20 heavy (non-hydrogen) atoms. The molecule has 0 unspecified atom stereocenters. The van der Waals surface area contributed by atoms with Gasteiger partial charge in [0.2, 0.25) is 15.9 Å². The van der Waals surface area contributed by atoms with E-state index in [-0.39, 0.29) is 28.9 Å². The average Bonchev–Trinajstić information content (AvgIpc) is 2.39. The highest BCUT2D eigenvalue weighted by Gasteiger charge is 2.18. The summed E-state index contributed by atoms with van der Waals surface area (Å²) in [5.74, 6) is -0.262. The number of carbonyl (C=O) groups excluding carboxylic acids is 1. The zero-order valence-electron chi connectivity index (χ0n) is 10.9. The molecule has 2 N–H and O–H groups in total. The van der Waals surface area contributed by atoms with Crippen LogP contribution in [0.25, 0.3) is 0 Å². The van der Waals surface area contributed by atoms with Crippen molar-refractivity contribution >= 4 is 27.5 Å². The van der Waals surface area contributed by atoms with E-state index in [0.717, 1.165) is 0 Å². The Bertz CT molecular complexity index is 550. The van der Waals surface area contributed by atoms with E-state index in [1.165, 1.54) is 25.4 Å². The molecule has 0 fully saturated rings. The van der Waals surface area contributed by atoms with Crippen LogP contribution in [-0.2, 0) is 19.6 Å². The fraction of sp³-hybridized carbons (Fsp3) is 0.455. The zero-order chi connectivity index (χ0) is 15.0. The molecule has 0 aliphatic rings. The number of sulfonamides is 1. The number of nitrogens with one attached hydrogen (secondary N) is 2. The van der Waals surface area contributed by atoms with Gasteiger partial charge in [-0.05, 0) is 12.1 Å². The van der Waals surface area contributed by atoms with Gasteiger partial charge in [0.15, 0.2) is 0 Å². The van der Waals surface area contributed by atoms with Crippen molar-refractivity contribution in [1.82, 2.24) is 15.0 Å². The van der Waals surface area contributed by atoms with E-state index in [1.807, 2.05) is 0 Å². The van der Waals surface area contributed by atoms with Crippen LogP contribution in [0.15, 0.2) is 23.2 Å². The molecule has 0 aromatic carbocycles. The fourth-order valence-corrected chi connectivity index (χ4v) is 2.81. The summed E-state index contributed by atoms with van der Waals surface area (Å²) in [5, 5.41) is 2.48. The molecule has 1 aromatic rings. The number of hydrogen-bond acceptors (Lipinski definition) is 5. The van der Waals surface area contributed by atoms with Gasteiger partial charge in [0.05, 0.1) is 6.61 Å². The number of pyridine rings is 1. The Morgan fingerprint density at radius 3 is 2.85 bits per heavy atom. The first-order chi connectivity index (χ1) is 9.47. The van der Waals surface area contributed by atoms with Crippen LogP contribution in [0.3, 0.4) is 0 Å². The fourth-order valence-electron chi connectivity index (χ4n) is 1.33. The Morgan fingerprint density at radius 1 is 1.45 bits per heavy atom. The molecule has 7 nitrogen and oxygen atoms in total. The van der Waals surface area contributed by atoms with Gasteiger partial charge in [0.1, 0.15) is 10.0 Å². The molecule has 1 amide bonds. The second kappa shape index (κ2) is 8.15. The maximum absolute atomic E-state index is 11.9. The number of carbonyl (C=O) groups is 1. The molecule has 9 heteroatoms. The highest BCUT2D eigenvalue weighted by atomic mass is 35.5. The Balaban J connectivity index is 2.45. The summed E-state index contributed by atoms with van der Waals surface area (Å²) in [6.07, 6.45) is 1.42. The Hall–Kier alpha value is -1.22. The van der Waals surface area contributed by atoms with Crippen molar-refractivity contribution in [2.75, 3.05) is 26.8 Å². The van der Waals surface area contributed by atoms with E-state index in [4.69, 9.17) is 16.3 Å². The summed E-state index contributed by atoms with van der Waals surface area (Å²) < 4.78 is 30.9. The van der Waals surface area contributed by atoms with Gasteiger partial charge < -0.3 is 10.1 Å². The van der Waals surface area contributed by atoms with Crippen LogP contribution in [0, 0.1) is 0 Å². The minimum Gasteiger partial charge on any atom is -0.383 e. The largest absolute Gasteiger partial charge is 0.383 e. The Kier molecular flexibility index (Phi) is 6.86. The summed E-state index contributed by atoms with van der Waals surface area (Å²) in [5.41, 5.74) is 0. The number of amides is 1. The summed E-state index contributed by atoms with van der Waals surface area (Å²) in [7, 11) is -2.24. The standard InChI is InChI=1S/C11H16ClN3O4S/c1-19-8-7-13-10(16)4-6-15-20(17,18)9-3-2-5-14-11(9)12/h2-3,5,15H,4,6-8H2,1H3,(H,13,16). The predicted molar refractivity (Wildman–Crippen MR) is 73.9 cm³/mol. The molecule has 0 spiro atoms. The van der Waals surface area contributed by atoms with Crippen LogP contribution >= 0.6 is 11.6 Å². The highest BCUT2D eigenvalue weighted by Crippen LogP contribution is 2.17. The van der Waals surface area contributed by atoms with E-state index in [9.17, 15) is 13.2 Å². The molecule has 1 heterocycles. The first-order valence-corrected chi connectivity index (χ1v) is 7.69. The van der Waals surface area contributed by atoms with Gasteiger partial charge in [-0.25, -0.2) is 18.1 Å². The number of aromatic nitrogens is 1. The van der Waals surface area contributed by atoms with Crippen molar-refractivity contribution < 1.29 is 17.9 Å². The van der Waals surface area contributed by atoms with E-state index in [1.54, 1.807) is 0 Å². The van der Waals surface area contributed by atoms with Crippen LogP contribution in [0.2, 0.25) is 5.15 Å². The van der Waals surface area contributed by atoms with Crippen molar-refractivity contribution in [3.8, 4) is 0 Å². The van der Waals surface area contributed by atoms with Gasteiger partial charge in [0, 0.05) is 32.8 Å². The van der Waals surface area contributed by atoms with Crippen LogP contribution < -0.4 is 10.0 Å². The highest BCUT2D eigenvalue weighted by molar-refractivity contribution is 7.89. The van der Waals surface area contributed by atoms with Crippen molar-refractivity contribution in [2.45, 2.75) is 11.3 Å². The lowest BCUT2D eigenvalue weighted by atomic mass is 10.4. The van der Waals surface area contributed by atoms with Gasteiger partial charge >= 0.3 is 0 Å². The van der Waals surface area contributed by atoms with Crippen molar-refractivity contribution in [1.29, 1.82) is 0 Å². The van der Waals surface area contributed by atoms with Gasteiger partial charge in [-0.3, -0.25) is 4.79 Å². The Morgan fingerprint density at radius 2 is 2.20 bits per heavy atom. The molecule has 112 valence electrons. The lowest BCUT2D eigenvalue weighted by molar-refractivity contribution is -0.121. The number of hydrogen-bond donors (Lipinski definition) is 2. The third-order valence-electron chi connectivity index (χ3n) is 2.29.